The Morgan fingerprint density at radius 1 is 0.818 bits per heavy atom. The van der Waals surface area contributed by atoms with Gasteiger partial charge in [0.05, 0.1) is 5.16 Å². The van der Waals surface area contributed by atoms with Gasteiger partial charge in [0.15, 0.2) is 24.6 Å². The summed E-state index contributed by atoms with van der Waals surface area (Å²) in [6.07, 6.45) is -2.52. The third kappa shape index (κ3) is 11.3. The Morgan fingerprint density at radius 2 is 1.39 bits per heavy atom. The highest BCUT2D eigenvalue weighted by Crippen LogP contribution is 2.30. The Labute approximate surface area is 198 Å². The fourth-order valence-electron chi connectivity index (χ4n) is 3.21. The van der Waals surface area contributed by atoms with Crippen LogP contribution in [0, 0.1) is 0 Å². The zero-order valence-corrected chi connectivity index (χ0v) is 20.1. The quantitative estimate of drug-likeness (QED) is 0.123. The molecule has 0 aromatic heterocycles. The Balaban J connectivity index is 2.98. The lowest BCUT2D eigenvalue weighted by molar-refractivity contribution is -0.308. The lowest BCUT2D eigenvalue weighted by Crippen LogP contribution is -2.63. The monoisotopic (exact) mass is 489 g/mol. The van der Waals surface area contributed by atoms with Gasteiger partial charge in [0.25, 0.3) is 0 Å². The van der Waals surface area contributed by atoms with Crippen molar-refractivity contribution in [3.8, 4) is 0 Å². The second-order valence-electron chi connectivity index (χ2n) is 7.33. The predicted octanol–water partition coefficient (Wildman–Crippen LogP) is 1.75. The van der Waals surface area contributed by atoms with Crippen LogP contribution in [-0.4, -0.2) is 79.5 Å². The van der Waals surface area contributed by atoms with E-state index in [0.29, 0.717) is 13.0 Å². The van der Waals surface area contributed by atoms with Gasteiger partial charge in [-0.1, -0.05) is 12.8 Å². The maximum Gasteiger partial charge on any atom is 0.303 e. The molecule has 1 rings (SSSR count). The van der Waals surface area contributed by atoms with Crippen LogP contribution < -0.4 is 0 Å². The molecule has 0 amide bonds. The number of rotatable bonds is 13. The van der Waals surface area contributed by atoms with E-state index in [9.17, 15) is 19.2 Å². The number of unbranched alkanes of at least 4 members (excludes halogenated alkanes) is 3. The number of hydrogen-bond donors (Lipinski definition) is 0. The number of nitrogens with zero attached hydrogens (tertiary/aromatic N) is 1. The topological polar surface area (TPSA) is 136 Å². The molecule has 5 atom stereocenters. The highest BCUT2D eigenvalue weighted by atomic mass is 32.1. The van der Waals surface area contributed by atoms with Crippen molar-refractivity contribution in [1.29, 1.82) is 0 Å². The largest absolute Gasteiger partial charge is 0.463 e. The molecule has 0 spiro atoms. The van der Waals surface area contributed by atoms with E-state index in [0.717, 1.165) is 33.1 Å². The molecule has 33 heavy (non-hydrogen) atoms. The predicted molar refractivity (Wildman–Crippen MR) is 116 cm³/mol. The molecule has 1 saturated heterocycles. The number of hydrogen-bond acceptors (Lipinski definition) is 12. The summed E-state index contributed by atoms with van der Waals surface area (Å²) in [4.78, 5) is 50.4. The van der Waals surface area contributed by atoms with Crippen LogP contribution in [0.4, 0.5) is 0 Å². The van der Waals surface area contributed by atoms with Gasteiger partial charge in [-0.2, -0.15) is 0 Å². The van der Waals surface area contributed by atoms with Gasteiger partial charge in [-0.15, -0.1) is 0 Å². The highest BCUT2D eigenvalue weighted by Gasteiger charge is 2.52. The van der Waals surface area contributed by atoms with Crippen molar-refractivity contribution in [1.82, 2.24) is 0 Å². The Hall–Kier alpha value is -2.40. The van der Waals surface area contributed by atoms with Gasteiger partial charge < -0.3 is 28.4 Å². The smallest absolute Gasteiger partial charge is 0.303 e. The van der Waals surface area contributed by atoms with E-state index < -0.39 is 54.6 Å². The molecule has 1 aliphatic rings. The number of ether oxygens (including phenoxy) is 6. The summed E-state index contributed by atoms with van der Waals surface area (Å²) in [5.74, 6) is -2.64. The molecule has 1 fully saturated rings. The highest BCUT2D eigenvalue weighted by molar-refractivity contribution is 7.78. The fourth-order valence-corrected chi connectivity index (χ4v) is 3.31. The summed E-state index contributed by atoms with van der Waals surface area (Å²) < 4.78 is 32.7. The Kier molecular flexibility index (Phi) is 13.4. The average molecular weight is 490 g/mol. The lowest BCUT2D eigenvalue weighted by Gasteiger charge is -2.44. The van der Waals surface area contributed by atoms with Crippen LogP contribution in [0.1, 0.15) is 53.4 Å². The average Bonchev–Trinajstić information content (AvgIpc) is 2.71. The van der Waals surface area contributed by atoms with Gasteiger partial charge in [-0.25, -0.2) is 4.99 Å². The molecule has 0 unspecified atom stereocenters. The number of esters is 4. The van der Waals surface area contributed by atoms with Crippen LogP contribution in [0.5, 0.6) is 0 Å². The van der Waals surface area contributed by atoms with Crippen molar-refractivity contribution in [3.05, 3.63) is 0 Å². The van der Waals surface area contributed by atoms with E-state index in [2.05, 4.69) is 22.4 Å². The SMILES string of the molecule is CC(=O)OC[C@H]1O[C@H](OCCCCCCN=C=S)[C@@H](OC(C)=O)[C@@H](OC(C)=O)[C@@H]1OC(C)=O. The third-order valence-corrected chi connectivity index (χ3v) is 4.59. The maximum absolute atomic E-state index is 11.8. The molecule has 12 heteroatoms. The molecule has 1 aliphatic heterocycles. The Bertz CT molecular complexity index is 724. The minimum Gasteiger partial charge on any atom is -0.463 e. The Morgan fingerprint density at radius 3 is 1.97 bits per heavy atom. The van der Waals surface area contributed by atoms with Gasteiger partial charge in [0, 0.05) is 40.8 Å². The van der Waals surface area contributed by atoms with Gasteiger partial charge in [0.2, 0.25) is 0 Å². The second kappa shape index (κ2) is 15.4. The summed E-state index contributed by atoms with van der Waals surface area (Å²) in [6, 6.07) is 0. The molecule has 186 valence electrons. The van der Waals surface area contributed by atoms with Crippen molar-refractivity contribution >= 4 is 41.3 Å². The van der Waals surface area contributed by atoms with E-state index in [-0.39, 0.29) is 13.2 Å². The van der Waals surface area contributed by atoms with Crippen molar-refractivity contribution in [2.45, 2.75) is 84.1 Å². The van der Waals surface area contributed by atoms with E-state index in [1.807, 2.05) is 0 Å². The zero-order chi connectivity index (χ0) is 24.8. The van der Waals surface area contributed by atoms with Gasteiger partial charge in [0.1, 0.15) is 12.7 Å². The molecule has 0 aliphatic carbocycles. The number of carbonyl (C=O) groups excluding carboxylic acids is 4. The molecule has 0 saturated carbocycles. The van der Waals surface area contributed by atoms with Crippen LogP contribution in [-0.2, 0) is 47.6 Å². The van der Waals surface area contributed by atoms with Crippen molar-refractivity contribution in [3.63, 3.8) is 0 Å². The van der Waals surface area contributed by atoms with E-state index in [1.165, 1.54) is 13.8 Å². The van der Waals surface area contributed by atoms with Crippen molar-refractivity contribution < 1.29 is 47.6 Å². The minimum absolute atomic E-state index is 0.254. The first-order chi connectivity index (χ1) is 15.6. The van der Waals surface area contributed by atoms with Crippen molar-refractivity contribution in [2.24, 2.45) is 4.99 Å². The standard InChI is InChI=1S/C21H31NO10S/c1-13(23)28-11-17-18(29-14(2)24)19(30-15(3)25)20(31-16(4)26)21(32-17)27-10-8-6-5-7-9-22-12-33/h17-21H,5-11H2,1-4H3/t17-,18-,19+,20+,21+/m1/s1. The lowest BCUT2D eigenvalue weighted by atomic mass is 9.98. The summed E-state index contributed by atoms with van der Waals surface area (Å²) in [5.41, 5.74) is 0. The first-order valence-electron chi connectivity index (χ1n) is 10.6. The van der Waals surface area contributed by atoms with E-state index in [4.69, 9.17) is 28.4 Å². The summed E-state index contributed by atoms with van der Waals surface area (Å²) in [7, 11) is 0. The van der Waals surface area contributed by atoms with Crippen molar-refractivity contribution in [2.75, 3.05) is 19.8 Å². The molecule has 1 heterocycles. The van der Waals surface area contributed by atoms with Gasteiger partial charge in [-0.3, -0.25) is 19.2 Å². The normalized spacial score (nSPS) is 24.2. The van der Waals surface area contributed by atoms with Crippen LogP contribution in [0.3, 0.4) is 0 Å². The van der Waals surface area contributed by atoms with Crippen LogP contribution in [0.2, 0.25) is 0 Å². The first kappa shape index (κ1) is 28.6. The molecular formula is C21H31NO10S. The molecule has 0 bridgehead atoms. The molecule has 0 aromatic rings. The number of aliphatic imine (C=N–C) groups is 1. The molecule has 0 N–H and O–H groups in total. The first-order valence-corrected chi connectivity index (χ1v) is 11.0. The molecule has 11 nitrogen and oxygen atoms in total. The van der Waals surface area contributed by atoms with E-state index in [1.54, 1.807) is 0 Å². The number of carbonyl (C=O) groups is 4. The zero-order valence-electron chi connectivity index (χ0n) is 19.3. The fraction of sp³-hybridized carbons (Fsp3) is 0.762. The summed E-state index contributed by atoms with van der Waals surface area (Å²) in [5, 5.41) is 2.31. The molecule has 0 radical (unpaired) electrons. The van der Waals surface area contributed by atoms with Crippen LogP contribution in [0.15, 0.2) is 4.99 Å². The molecule has 0 aromatic carbocycles. The molecular weight excluding hydrogens is 458 g/mol. The van der Waals surface area contributed by atoms with Gasteiger partial charge in [-0.05, 0) is 25.1 Å². The van der Waals surface area contributed by atoms with Crippen LogP contribution >= 0.6 is 12.2 Å². The summed E-state index contributed by atoms with van der Waals surface area (Å²) in [6.45, 7) is 5.29. The van der Waals surface area contributed by atoms with E-state index >= 15 is 0 Å². The maximum atomic E-state index is 11.8. The third-order valence-electron chi connectivity index (χ3n) is 4.46. The summed E-state index contributed by atoms with van der Waals surface area (Å²) >= 11 is 4.52. The van der Waals surface area contributed by atoms with Crippen LogP contribution in [0.25, 0.3) is 0 Å². The number of isothiocyanates is 1. The second-order valence-corrected chi connectivity index (χ2v) is 7.51. The minimum atomic E-state index is -1.23. The number of thiocarbonyl (C=S) groups is 1. The van der Waals surface area contributed by atoms with Gasteiger partial charge >= 0.3 is 23.9 Å².